The Hall–Kier alpha value is -2.87. The summed E-state index contributed by atoms with van der Waals surface area (Å²) in [6, 6.07) is 12.2. The number of para-hydroxylation sites is 1. The highest BCUT2D eigenvalue weighted by molar-refractivity contribution is 6.08. The Morgan fingerprint density at radius 2 is 2.05 bits per heavy atom. The highest BCUT2D eigenvalue weighted by atomic mass is 16.2. The van der Waals surface area contributed by atoms with Crippen LogP contribution in [0.5, 0.6) is 0 Å². The molecule has 2 aromatic rings. The van der Waals surface area contributed by atoms with Gasteiger partial charge in [-0.3, -0.25) is 4.79 Å². The van der Waals surface area contributed by atoms with Gasteiger partial charge in [-0.1, -0.05) is 12.1 Å². The molecule has 0 fully saturated rings. The zero-order valence-electron chi connectivity index (χ0n) is 10.4. The number of benzene rings is 1. The molecule has 0 radical (unpaired) electrons. The number of carbonyl (C=O) groups excluding carboxylic acids is 1. The Labute approximate surface area is 110 Å². The predicted octanol–water partition coefficient (Wildman–Crippen LogP) is 1.81. The number of nitrogen functional groups attached to an aromatic ring is 1. The first-order valence-electron chi connectivity index (χ1n) is 5.63. The van der Waals surface area contributed by atoms with E-state index in [-0.39, 0.29) is 11.7 Å². The van der Waals surface area contributed by atoms with Crippen molar-refractivity contribution in [3.8, 4) is 6.07 Å². The number of hydrogen-bond acceptors (Lipinski definition) is 4. The fraction of sp³-hybridized carbons (Fsp3) is 0.0714. The second kappa shape index (κ2) is 5.19. The van der Waals surface area contributed by atoms with E-state index in [1.165, 1.54) is 11.1 Å². The summed E-state index contributed by atoms with van der Waals surface area (Å²) in [6.07, 6.45) is 1.52. The largest absolute Gasteiger partial charge is 0.383 e. The Morgan fingerprint density at radius 1 is 1.32 bits per heavy atom. The van der Waals surface area contributed by atoms with Gasteiger partial charge >= 0.3 is 0 Å². The first-order chi connectivity index (χ1) is 9.15. The third-order valence-electron chi connectivity index (χ3n) is 2.76. The molecule has 94 valence electrons. The van der Waals surface area contributed by atoms with E-state index >= 15 is 0 Å². The van der Waals surface area contributed by atoms with Crippen LogP contribution in [0.1, 0.15) is 15.9 Å². The first kappa shape index (κ1) is 12.6. The van der Waals surface area contributed by atoms with Crippen LogP contribution in [0, 0.1) is 11.3 Å². The fourth-order valence-corrected chi connectivity index (χ4v) is 1.75. The molecule has 1 aromatic heterocycles. The van der Waals surface area contributed by atoms with Crippen molar-refractivity contribution in [3.63, 3.8) is 0 Å². The minimum atomic E-state index is -0.298. The molecule has 0 bridgehead atoms. The summed E-state index contributed by atoms with van der Waals surface area (Å²) >= 11 is 0. The second-order valence-corrected chi connectivity index (χ2v) is 3.93. The van der Waals surface area contributed by atoms with Crippen LogP contribution in [-0.2, 0) is 0 Å². The Bertz CT molecular complexity index is 660. The van der Waals surface area contributed by atoms with E-state index in [0.29, 0.717) is 16.8 Å². The normalized spacial score (nSPS) is 9.68. The molecule has 0 spiro atoms. The lowest BCUT2D eigenvalue weighted by Gasteiger charge is -2.19. The summed E-state index contributed by atoms with van der Waals surface area (Å²) in [6.45, 7) is 0. The minimum Gasteiger partial charge on any atom is -0.383 e. The standard InChI is InChI=1S/C14H12N4O/c1-18(12-7-3-2-5-10(12)9-15)14(19)11-6-4-8-17-13(11)16/h2-8H,1H3,(H2,16,17). The summed E-state index contributed by atoms with van der Waals surface area (Å²) in [4.78, 5) is 17.6. The van der Waals surface area contributed by atoms with Crippen LogP contribution in [0.25, 0.3) is 0 Å². The average molecular weight is 252 g/mol. The van der Waals surface area contributed by atoms with Gasteiger partial charge in [-0.15, -0.1) is 0 Å². The highest BCUT2D eigenvalue weighted by Crippen LogP contribution is 2.21. The number of anilines is 2. The van der Waals surface area contributed by atoms with Crippen molar-refractivity contribution < 1.29 is 4.79 Å². The van der Waals surface area contributed by atoms with Gasteiger partial charge in [0.15, 0.2) is 0 Å². The van der Waals surface area contributed by atoms with Crippen molar-refractivity contribution >= 4 is 17.4 Å². The maximum Gasteiger partial charge on any atom is 0.261 e. The summed E-state index contributed by atoms with van der Waals surface area (Å²) < 4.78 is 0. The van der Waals surface area contributed by atoms with Crippen LogP contribution in [-0.4, -0.2) is 17.9 Å². The van der Waals surface area contributed by atoms with E-state index in [1.54, 1.807) is 43.4 Å². The number of aromatic nitrogens is 1. The van der Waals surface area contributed by atoms with E-state index < -0.39 is 0 Å². The molecule has 0 atom stereocenters. The first-order valence-corrected chi connectivity index (χ1v) is 5.63. The summed E-state index contributed by atoms with van der Waals surface area (Å²) in [7, 11) is 1.60. The summed E-state index contributed by atoms with van der Waals surface area (Å²) in [5.41, 5.74) is 6.97. The van der Waals surface area contributed by atoms with Gasteiger partial charge in [0.1, 0.15) is 11.9 Å². The van der Waals surface area contributed by atoms with Gasteiger partial charge in [0.2, 0.25) is 0 Å². The van der Waals surface area contributed by atoms with Gasteiger partial charge in [-0.05, 0) is 24.3 Å². The molecule has 0 saturated carbocycles. The van der Waals surface area contributed by atoms with E-state index in [2.05, 4.69) is 11.1 Å². The third kappa shape index (κ3) is 2.38. The summed E-state index contributed by atoms with van der Waals surface area (Å²) in [5, 5.41) is 9.05. The molecule has 0 aliphatic carbocycles. The van der Waals surface area contributed by atoms with Crippen molar-refractivity contribution in [1.29, 1.82) is 5.26 Å². The quantitative estimate of drug-likeness (QED) is 0.883. The zero-order chi connectivity index (χ0) is 13.8. The second-order valence-electron chi connectivity index (χ2n) is 3.93. The molecule has 1 heterocycles. The van der Waals surface area contributed by atoms with Crippen LogP contribution in [0.2, 0.25) is 0 Å². The maximum atomic E-state index is 12.3. The van der Waals surface area contributed by atoms with E-state index in [1.807, 2.05) is 0 Å². The highest BCUT2D eigenvalue weighted by Gasteiger charge is 2.18. The molecule has 2 N–H and O–H groups in total. The van der Waals surface area contributed by atoms with Gasteiger partial charge in [0.25, 0.3) is 5.91 Å². The summed E-state index contributed by atoms with van der Waals surface area (Å²) in [5.74, 6) is -0.123. The van der Waals surface area contributed by atoms with E-state index in [4.69, 9.17) is 11.0 Å². The number of amides is 1. The number of nitrogens with two attached hydrogens (primary N) is 1. The Morgan fingerprint density at radius 3 is 2.74 bits per heavy atom. The topological polar surface area (TPSA) is 83.0 Å². The number of carbonyl (C=O) groups is 1. The molecule has 1 aromatic carbocycles. The molecule has 0 unspecified atom stereocenters. The van der Waals surface area contributed by atoms with Crippen LogP contribution in [0.4, 0.5) is 11.5 Å². The number of rotatable bonds is 2. The number of pyridine rings is 1. The molecule has 1 amide bonds. The van der Waals surface area contributed by atoms with Crippen LogP contribution < -0.4 is 10.6 Å². The molecule has 0 aliphatic heterocycles. The smallest absolute Gasteiger partial charge is 0.261 e. The number of hydrogen-bond donors (Lipinski definition) is 1. The van der Waals surface area contributed by atoms with Gasteiger partial charge in [-0.25, -0.2) is 4.98 Å². The molecule has 0 saturated heterocycles. The Kier molecular flexibility index (Phi) is 3.44. The van der Waals surface area contributed by atoms with Crippen LogP contribution in [0.3, 0.4) is 0 Å². The molecule has 2 rings (SSSR count). The van der Waals surface area contributed by atoms with E-state index in [9.17, 15) is 4.79 Å². The predicted molar refractivity (Wildman–Crippen MR) is 72.5 cm³/mol. The average Bonchev–Trinajstić information content (AvgIpc) is 2.46. The van der Waals surface area contributed by atoms with Crippen molar-refractivity contribution in [2.24, 2.45) is 0 Å². The van der Waals surface area contributed by atoms with Crippen molar-refractivity contribution in [3.05, 3.63) is 53.7 Å². The van der Waals surface area contributed by atoms with Crippen molar-refractivity contribution in [1.82, 2.24) is 4.98 Å². The lowest BCUT2D eigenvalue weighted by atomic mass is 10.1. The van der Waals surface area contributed by atoms with Crippen molar-refractivity contribution in [2.45, 2.75) is 0 Å². The van der Waals surface area contributed by atoms with Crippen molar-refractivity contribution in [2.75, 3.05) is 17.7 Å². The number of nitrogens with zero attached hydrogens (tertiary/aromatic N) is 3. The van der Waals surface area contributed by atoms with E-state index in [0.717, 1.165) is 0 Å². The molecule has 5 nitrogen and oxygen atoms in total. The lowest BCUT2D eigenvalue weighted by molar-refractivity contribution is 0.0993. The number of nitriles is 1. The molecular formula is C14H12N4O. The van der Waals surface area contributed by atoms with Gasteiger partial charge in [0.05, 0.1) is 16.8 Å². The maximum absolute atomic E-state index is 12.3. The minimum absolute atomic E-state index is 0.175. The molecular weight excluding hydrogens is 240 g/mol. The molecule has 19 heavy (non-hydrogen) atoms. The third-order valence-corrected chi connectivity index (χ3v) is 2.76. The molecule has 5 heteroatoms. The van der Waals surface area contributed by atoms with Gasteiger partial charge in [-0.2, -0.15) is 5.26 Å². The van der Waals surface area contributed by atoms with Crippen LogP contribution >= 0.6 is 0 Å². The fourth-order valence-electron chi connectivity index (χ4n) is 1.75. The lowest BCUT2D eigenvalue weighted by Crippen LogP contribution is -2.28. The zero-order valence-corrected chi connectivity index (χ0v) is 10.4. The van der Waals surface area contributed by atoms with Crippen LogP contribution in [0.15, 0.2) is 42.6 Å². The van der Waals surface area contributed by atoms with Gasteiger partial charge in [0, 0.05) is 13.2 Å². The molecule has 0 aliphatic rings. The Balaban J connectivity index is 2.40. The van der Waals surface area contributed by atoms with Gasteiger partial charge < -0.3 is 10.6 Å². The SMILES string of the molecule is CN(C(=O)c1cccnc1N)c1ccccc1C#N. The monoisotopic (exact) mass is 252 g/mol.